The van der Waals surface area contributed by atoms with E-state index in [1.165, 1.54) is 5.54 Å². The highest BCUT2D eigenvalue weighted by molar-refractivity contribution is 6.36. The highest BCUT2D eigenvalue weighted by Crippen LogP contribution is 2.13. The normalized spacial score (nSPS) is 13.4. The summed E-state index contributed by atoms with van der Waals surface area (Å²) in [6.07, 6.45) is -4.27. The second-order valence-corrected chi connectivity index (χ2v) is 3.10. The predicted octanol–water partition coefficient (Wildman–Crippen LogP) is 2.47. The van der Waals surface area contributed by atoms with Crippen LogP contribution in [-0.4, -0.2) is 32.5 Å². The lowest BCUT2D eigenvalue weighted by Crippen LogP contribution is -2.24. The molecule has 0 saturated heterocycles. The van der Waals surface area contributed by atoms with Crippen LogP contribution in [0.15, 0.2) is 10.6 Å². The molecule has 0 aliphatic rings. The zero-order valence-electron chi connectivity index (χ0n) is 7.20. The first-order valence-electron chi connectivity index (χ1n) is 3.75. The van der Waals surface area contributed by atoms with Crippen LogP contribution in [0.1, 0.15) is 0 Å². The summed E-state index contributed by atoms with van der Waals surface area (Å²) in [6.45, 7) is -0.642. The maximum absolute atomic E-state index is 11.6. The Kier molecular flexibility index (Phi) is 7.35. The molecule has 0 amide bonds. The molecule has 0 rings (SSSR count). The average Bonchev–Trinajstić information content (AvgIpc) is 2.08. The van der Waals surface area contributed by atoms with E-state index in [1.807, 2.05) is 0 Å². The summed E-state index contributed by atoms with van der Waals surface area (Å²) in [5.41, 5.74) is 1.19. The van der Waals surface area contributed by atoms with Crippen LogP contribution in [0.3, 0.4) is 0 Å². The minimum Gasteiger partial charge on any atom is -0.371 e. The molecule has 7 heteroatoms. The van der Waals surface area contributed by atoms with Crippen molar-refractivity contribution in [3.8, 4) is 0 Å². The smallest absolute Gasteiger partial charge is 0.371 e. The molecule has 0 radical (unpaired) electrons. The second kappa shape index (κ2) is 7.34. The van der Waals surface area contributed by atoms with Gasteiger partial charge in [0.1, 0.15) is 6.61 Å². The molecular formula is C7H10Cl2F3NO. The highest BCUT2D eigenvalue weighted by atomic mass is 35.5. The van der Waals surface area contributed by atoms with Crippen molar-refractivity contribution in [3.63, 3.8) is 0 Å². The van der Waals surface area contributed by atoms with Crippen LogP contribution in [0.5, 0.6) is 0 Å². The molecule has 0 fully saturated rings. The van der Waals surface area contributed by atoms with Crippen molar-refractivity contribution in [1.29, 1.82) is 0 Å². The minimum absolute atomic E-state index is 0.0219. The Labute approximate surface area is 90.0 Å². The molecule has 0 saturated carbocycles. The number of halogens is 5. The zero-order chi connectivity index (χ0) is 11.0. The van der Waals surface area contributed by atoms with Gasteiger partial charge in [-0.05, 0) is 0 Å². The Balaban J connectivity index is 3.23. The number of nitrogens with one attached hydrogen (secondary N) is 1. The van der Waals surface area contributed by atoms with E-state index in [1.54, 1.807) is 0 Å². The lowest BCUT2D eigenvalue weighted by atomic mass is 10.5. The second-order valence-electron chi connectivity index (χ2n) is 2.40. The zero-order valence-corrected chi connectivity index (χ0v) is 8.72. The van der Waals surface area contributed by atoms with E-state index in [0.717, 1.165) is 0 Å². The predicted molar refractivity (Wildman–Crippen MR) is 49.5 cm³/mol. The number of alkyl halides is 3. The molecule has 0 unspecified atom stereocenters. The van der Waals surface area contributed by atoms with Gasteiger partial charge in [0.25, 0.3) is 0 Å². The summed E-state index contributed by atoms with van der Waals surface area (Å²) in [5, 5.41) is 3.14. The molecule has 0 heterocycles. The van der Waals surface area contributed by atoms with Crippen molar-refractivity contribution >= 4 is 23.2 Å². The van der Waals surface area contributed by atoms with E-state index in [0.29, 0.717) is 11.6 Å². The van der Waals surface area contributed by atoms with Gasteiger partial charge in [-0.2, -0.15) is 13.2 Å². The first kappa shape index (κ1) is 14.0. The SMILES string of the molecule is FC(F)(F)COCCNCC(Cl)=CCl. The van der Waals surface area contributed by atoms with E-state index in [2.05, 4.69) is 10.1 Å². The van der Waals surface area contributed by atoms with Gasteiger partial charge in [0.05, 0.1) is 6.61 Å². The number of ether oxygens (including phenoxy) is 1. The van der Waals surface area contributed by atoms with Crippen LogP contribution in [0.2, 0.25) is 0 Å². The van der Waals surface area contributed by atoms with Crippen LogP contribution >= 0.6 is 23.2 Å². The first-order valence-corrected chi connectivity index (χ1v) is 4.57. The summed E-state index contributed by atoms with van der Waals surface area (Å²) in [5.74, 6) is 0. The molecule has 14 heavy (non-hydrogen) atoms. The van der Waals surface area contributed by atoms with E-state index in [-0.39, 0.29) is 13.2 Å². The van der Waals surface area contributed by atoms with Crippen LogP contribution in [0.25, 0.3) is 0 Å². The van der Waals surface area contributed by atoms with Gasteiger partial charge < -0.3 is 10.1 Å². The fourth-order valence-corrected chi connectivity index (χ4v) is 0.750. The van der Waals surface area contributed by atoms with Crippen LogP contribution in [0, 0.1) is 0 Å². The van der Waals surface area contributed by atoms with Gasteiger partial charge in [0, 0.05) is 23.7 Å². The Morgan fingerprint density at radius 3 is 2.57 bits per heavy atom. The van der Waals surface area contributed by atoms with Gasteiger partial charge >= 0.3 is 6.18 Å². The lowest BCUT2D eigenvalue weighted by molar-refractivity contribution is -0.173. The van der Waals surface area contributed by atoms with Crippen LogP contribution in [0.4, 0.5) is 13.2 Å². The number of hydrogen-bond acceptors (Lipinski definition) is 2. The first-order chi connectivity index (χ1) is 6.45. The molecular weight excluding hydrogens is 242 g/mol. The van der Waals surface area contributed by atoms with Gasteiger partial charge in [-0.1, -0.05) is 23.2 Å². The standard InChI is InChI=1S/C7H10Cl2F3NO/c8-3-6(9)4-13-1-2-14-5-7(10,11)12/h3,13H,1-2,4-5H2. The Hall–Kier alpha value is 0.0300. The van der Waals surface area contributed by atoms with E-state index >= 15 is 0 Å². The molecule has 0 aromatic carbocycles. The molecule has 0 aromatic rings. The summed E-state index contributed by atoms with van der Waals surface area (Å²) in [6, 6.07) is 0. The van der Waals surface area contributed by atoms with E-state index < -0.39 is 12.8 Å². The van der Waals surface area contributed by atoms with E-state index in [4.69, 9.17) is 23.2 Å². The van der Waals surface area contributed by atoms with Crippen LogP contribution in [-0.2, 0) is 4.74 Å². The third kappa shape index (κ3) is 10.1. The maximum Gasteiger partial charge on any atom is 0.411 e. The monoisotopic (exact) mass is 251 g/mol. The highest BCUT2D eigenvalue weighted by Gasteiger charge is 2.27. The van der Waals surface area contributed by atoms with Crippen molar-refractivity contribution in [1.82, 2.24) is 5.32 Å². The van der Waals surface area contributed by atoms with Gasteiger partial charge in [-0.3, -0.25) is 0 Å². The Morgan fingerprint density at radius 1 is 1.43 bits per heavy atom. The van der Waals surface area contributed by atoms with Crippen molar-refractivity contribution in [2.45, 2.75) is 6.18 Å². The summed E-state index contributed by atoms with van der Waals surface area (Å²) < 4.78 is 39.0. The van der Waals surface area contributed by atoms with Gasteiger partial charge in [0.2, 0.25) is 0 Å². The maximum atomic E-state index is 11.6. The van der Waals surface area contributed by atoms with Gasteiger partial charge in [0.15, 0.2) is 0 Å². The van der Waals surface area contributed by atoms with Gasteiger partial charge in [-0.15, -0.1) is 0 Å². The molecule has 84 valence electrons. The third-order valence-corrected chi connectivity index (χ3v) is 1.72. The molecule has 0 aliphatic heterocycles. The fourth-order valence-electron chi connectivity index (χ4n) is 0.579. The van der Waals surface area contributed by atoms with Crippen molar-refractivity contribution in [2.75, 3.05) is 26.3 Å². The fraction of sp³-hybridized carbons (Fsp3) is 0.714. The summed E-state index contributed by atoms with van der Waals surface area (Å²) in [4.78, 5) is 0. The van der Waals surface area contributed by atoms with Crippen molar-refractivity contribution in [3.05, 3.63) is 10.6 Å². The number of hydrogen-bond donors (Lipinski definition) is 1. The van der Waals surface area contributed by atoms with Crippen molar-refractivity contribution in [2.24, 2.45) is 0 Å². The quantitative estimate of drug-likeness (QED) is 0.733. The molecule has 0 spiro atoms. The van der Waals surface area contributed by atoms with E-state index in [9.17, 15) is 13.2 Å². The summed E-state index contributed by atoms with van der Waals surface area (Å²) in [7, 11) is 0. The average molecular weight is 252 g/mol. The summed E-state index contributed by atoms with van der Waals surface area (Å²) >= 11 is 10.7. The van der Waals surface area contributed by atoms with Gasteiger partial charge in [-0.25, -0.2) is 0 Å². The Morgan fingerprint density at radius 2 is 2.07 bits per heavy atom. The molecule has 0 aliphatic carbocycles. The largest absolute Gasteiger partial charge is 0.411 e. The Bertz CT molecular complexity index is 184. The number of rotatable bonds is 6. The molecule has 0 atom stereocenters. The third-order valence-electron chi connectivity index (χ3n) is 1.10. The molecule has 1 N–H and O–H groups in total. The van der Waals surface area contributed by atoms with Crippen molar-refractivity contribution < 1.29 is 17.9 Å². The molecule has 0 bridgehead atoms. The lowest BCUT2D eigenvalue weighted by Gasteiger charge is -2.07. The van der Waals surface area contributed by atoms with Crippen LogP contribution < -0.4 is 5.32 Å². The molecule has 2 nitrogen and oxygen atoms in total. The topological polar surface area (TPSA) is 21.3 Å². The molecule has 0 aromatic heterocycles. The minimum atomic E-state index is -4.27.